The van der Waals surface area contributed by atoms with Crippen LogP contribution in [0, 0.1) is 6.92 Å². The summed E-state index contributed by atoms with van der Waals surface area (Å²) >= 11 is 0. The van der Waals surface area contributed by atoms with E-state index in [1.54, 1.807) is 0 Å². The van der Waals surface area contributed by atoms with Crippen LogP contribution >= 0.6 is 0 Å². The van der Waals surface area contributed by atoms with Crippen molar-refractivity contribution in [3.63, 3.8) is 0 Å². The summed E-state index contributed by atoms with van der Waals surface area (Å²) in [6, 6.07) is 4.05. The fourth-order valence-corrected chi connectivity index (χ4v) is 1.79. The Morgan fingerprint density at radius 2 is 2.50 bits per heavy atom. The van der Waals surface area contributed by atoms with Gasteiger partial charge < -0.3 is 10.1 Å². The zero-order valence-electron chi connectivity index (χ0n) is 9.65. The Bertz CT molecular complexity index is 363. The van der Waals surface area contributed by atoms with Gasteiger partial charge in [0.2, 0.25) is 0 Å². The van der Waals surface area contributed by atoms with Crippen LogP contribution in [0.4, 0.5) is 0 Å². The van der Waals surface area contributed by atoms with Crippen LogP contribution in [0.1, 0.15) is 24.1 Å². The first kappa shape index (κ1) is 11.1. The SMILES string of the molecule is Cc1cccnc1CNCC1CCC=CO1. The molecule has 0 spiro atoms. The Morgan fingerprint density at radius 1 is 1.56 bits per heavy atom. The van der Waals surface area contributed by atoms with Crippen molar-refractivity contribution >= 4 is 0 Å². The fraction of sp³-hybridized carbons (Fsp3) is 0.462. The van der Waals surface area contributed by atoms with Gasteiger partial charge in [-0.3, -0.25) is 4.98 Å². The predicted octanol–water partition coefficient (Wildman–Crippen LogP) is 2.17. The number of aromatic nitrogens is 1. The molecule has 0 fully saturated rings. The smallest absolute Gasteiger partial charge is 0.110 e. The third kappa shape index (κ3) is 3.07. The monoisotopic (exact) mass is 218 g/mol. The molecule has 1 aromatic rings. The standard InChI is InChI=1S/C13H18N2O/c1-11-5-4-7-15-13(11)10-14-9-12-6-2-3-8-16-12/h3-5,7-8,12,14H,2,6,9-10H2,1H3. The van der Waals surface area contributed by atoms with Crippen LogP contribution in [0.5, 0.6) is 0 Å². The van der Waals surface area contributed by atoms with E-state index in [0.717, 1.165) is 31.6 Å². The molecule has 1 unspecified atom stereocenters. The topological polar surface area (TPSA) is 34.2 Å². The number of pyridine rings is 1. The molecule has 3 heteroatoms. The lowest BCUT2D eigenvalue weighted by Crippen LogP contribution is -2.29. The Kier molecular flexibility index (Phi) is 3.94. The third-order valence-electron chi connectivity index (χ3n) is 2.80. The molecule has 0 aliphatic carbocycles. The Hall–Kier alpha value is -1.35. The quantitative estimate of drug-likeness (QED) is 0.841. The van der Waals surface area contributed by atoms with Gasteiger partial charge in [0.25, 0.3) is 0 Å². The molecule has 86 valence electrons. The molecular formula is C13H18N2O. The van der Waals surface area contributed by atoms with Gasteiger partial charge in [0, 0.05) is 19.3 Å². The molecule has 1 aromatic heterocycles. The van der Waals surface area contributed by atoms with Gasteiger partial charge in [0.15, 0.2) is 0 Å². The minimum absolute atomic E-state index is 0.314. The van der Waals surface area contributed by atoms with E-state index in [0.29, 0.717) is 6.10 Å². The number of allylic oxidation sites excluding steroid dienone is 1. The van der Waals surface area contributed by atoms with Crippen LogP contribution in [0.15, 0.2) is 30.7 Å². The van der Waals surface area contributed by atoms with Crippen molar-refractivity contribution in [2.75, 3.05) is 6.54 Å². The summed E-state index contributed by atoms with van der Waals surface area (Å²) in [6.07, 6.45) is 8.25. The number of aryl methyl sites for hydroxylation is 1. The van der Waals surface area contributed by atoms with Crippen LogP contribution in [0.3, 0.4) is 0 Å². The van der Waals surface area contributed by atoms with Crippen molar-refractivity contribution in [1.29, 1.82) is 0 Å². The Morgan fingerprint density at radius 3 is 3.25 bits per heavy atom. The summed E-state index contributed by atoms with van der Waals surface area (Å²) in [4.78, 5) is 4.34. The highest BCUT2D eigenvalue weighted by Crippen LogP contribution is 2.09. The summed E-state index contributed by atoms with van der Waals surface area (Å²) in [6.45, 7) is 3.79. The molecule has 16 heavy (non-hydrogen) atoms. The van der Waals surface area contributed by atoms with Crippen molar-refractivity contribution in [3.05, 3.63) is 41.9 Å². The normalized spacial score (nSPS) is 19.4. The first-order valence-corrected chi connectivity index (χ1v) is 5.78. The zero-order chi connectivity index (χ0) is 11.2. The zero-order valence-corrected chi connectivity index (χ0v) is 9.65. The maximum Gasteiger partial charge on any atom is 0.110 e. The van der Waals surface area contributed by atoms with Crippen LogP contribution in [-0.2, 0) is 11.3 Å². The summed E-state index contributed by atoms with van der Waals surface area (Å²) in [5.74, 6) is 0. The van der Waals surface area contributed by atoms with Gasteiger partial charge in [-0.05, 0) is 37.5 Å². The lowest BCUT2D eigenvalue weighted by Gasteiger charge is -2.19. The fourth-order valence-electron chi connectivity index (χ4n) is 1.79. The lowest BCUT2D eigenvalue weighted by atomic mass is 10.1. The first-order chi connectivity index (χ1) is 7.86. The van der Waals surface area contributed by atoms with Crippen molar-refractivity contribution < 1.29 is 4.74 Å². The van der Waals surface area contributed by atoms with Crippen LogP contribution in [0.2, 0.25) is 0 Å². The van der Waals surface area contributed by atoms with E-state index in [2.05, 4.69) is 29.4 Å². The van der Waals surface area contributed by atoms with Gasteiger partial charge in [0.1, 0.15) is 6.10 Å². The molecule has 3 nitrogen and oxygen atoms in total. The molecule has 2 heterocycles. The van der Waals surface area contributed by atoms with E-state index in [1.165, 1.54) is 5.56 Å². The van der Waals surface area contributed by atoms with E-state index in [9.17, 15) is 0 Å². The molecule has 0 amide bonds. The van der Waals surface area contributed by atoms with E-state index in [4.69, 9.17) is 4.74 Å². The first-order valence-electron chi connectivity index (χ1n) is 5.78. The molecular weight excluding hydrogens is 200 g/mol. The molecule has 2 rings (SSSR count). The van der Waals surface area contributed by atoms with Crippen molar-refractivity contribution in [2.24, 2.45) is 0 Å². The summed E-state index contributed by atoms with van der Waals surface area (Å²) in [7, 11) is 0. The molecule has 1 N–H and O–H groups in total. The highest BCUT2D eigenvalue weighted by Gasteiger charge is 2.10. The second kappa shape index (κ2) is 5.66. The molecule has 0 radical (unpaired) electrons. The van der Waals surface area contributed by atoms with Crippen LogP contribution in [0.25, 0.3) is 0 Å². The minimum atomic E-state index is 0.314. The largest absolute Gasteiger partial charge is 0.497 e. The van der Waals surface area contributed by atoms with Crippen molar-refractivity contribution in [2.45, 2.75) is 32.4 Å². The van der Waals surface area contributed by atoms with Crippen LogP contribution in [-0.4, -0.2) is 17.6 Å². The highest BCUT2D eigenvalue weighted by molar-refractivity contribution is 5.17. The number of ether oxygens (including phenoxy) is 1. The van der Waals surface area contributed by atoms with Crippen molar-refractivity contribution in [3.8, 4) is 0 Å². The molecule has 1 atom stereocenters. The molecule has 0 saturated carbocycles. The highest BCUT2D eigenvalue weighted by atomic mass is 16.5. The van der Waals surface area contributed by atoms with Gasteiger partial charge in [-0.1, -0.05) is 6.07 Å². The van der Waals surface area contributed by atoms with E-state index < -0.39 is 0 Å². The van der Waals surface area contributed by atoms with Gasteiger partial charge in [-0.15, -0.1) is 0 Å². The number of rotatable bonds is 4. The number of nitrogens with one attached hydrogen (secondary N) is 1. The summed E-state index contributed by atoms with van der Waals surface area (Å²) in [5.41, 5.74) is 2.35. The maximum atomic E-state index is 5.48. The third-order valence-corrected chi connectivity index (χ3v) is 2.80. The number of nitrogens with zero attached hydrogens (tertiary/aromatic N) is 1. The summed E-state index contributed by atoms with van der Waals surface area (Å²) in [5, 5.41) is 3.39. The van der Waals surface area contributed by atoms with Gasteiger partial charge in [-0.25, -0.2) is 0 Å². The van der Waals surface area contributed by atoms with E-state index >= 15 is 0 Å². The molecule has 1 aliphatic rings. The molecule has 0 aromatic carbocycles. The van der Waals surface area contributed by atoms with Crippen molar-refractivity contribution in [1.82, 2.24) is 10.3 Å². The van der Waals surface area contributed by atoms with Gasteiger partial charge in [-0.2, -0.15) is 0 Å². The molecule has 0 saturated heterocycles. The predicted molar refractivity (Wildman–Crippen MR) is 63.9 cm³/mol. The maximum absolute atomic E-state index is 5.48. The lowest BCUT2D eigenvalue weighted by molar-refractivity contribution is 0.122. The van der Waals surface area contributed by atoms with E-state index in [-0.39, 0.29) is 0 Å². The Balaban J connectivity index is 1.75. The van der Waals surface area contributed by atoms with Crippen LogP contribution < -0.4 is 5.32 Å². The van der Waals surface area contributed by atoms with Gasteiger partial charge >= 0.3 is 0 Å². The number of hydrogen-bond acceptors (Lipinski definition) is 3. The number of hydrogen-bond donors (Lipinski definition) is 1. The molecule has 1 aliphatic heterocycles. The average Bonchev–Trinajstić information content (AvgIpc) is 2.33. The molecule has 0 bridgehead atoms. The average molecular weight is 218 g/mol. The summed E-state index contributed by atoms with van der Waals surface area (Å²) < 4.78 is 5.48. The second-order valence-electron chi connectivity index (χ2n) is 4.11. The minimum Gasteiger partial charge on any atom is -0.497 e. The second-order valence-corrected chi connectivity index (χ2v) is 4.11. The Labute approximate surface area is 96.5 Å². The van der Waals surface area contributed by atoms with E-state index in [1.807, 2.05) is 18.5 Å². The van der Waals surface area contributed by atoms with Gasteiger partial charge in [0.05, 0.1) is 12.0 Å².